The molecule has 0 saturated carbocycles. The molecule has 2 heterocycles. The van der Waals surface area contributed by atoms with Crippen molar-refractivity contribution in [2.45, 2.75) is 26.2 Å². The molecule has 0 aliphatic carbocycles. The number of aromatic nitrogens is 3. The summed E-state index contributed by atoms with van der Waals surface area (Å²) in [6, 6.07) is 17.5. The lowest BCUT2D eigenvalue weighted by Crippen LogP contribution is -2.36. The zero-order valence-electron chi connectivity index (χ0n) is 21.7. The van der Waals surface area contributed by atoms with Gasteiger partial charge in [0.1, 0.15) is 5.75 Å². The quantitative estimate of drug-likeness (QED) is 0.217. The van der Waals surface area contributed by atoms with Crippen LogP contribution < -0.4 is 9.64 Å². The van der Waals surface area contributed by atoms with Crippen LogP contribution in [0.25, 0.3) is 10.9 Å². The van der Waals surface area contributed by atoms with Gasteiger partial charge < -0.3 is 14.0 Å². The molecule has 10 nitrogen and oxygen atoms in total. The summed E-state index contributed by atoms with van der Waals surface area (Å²) < 4.78 is 12.5. The van der Waals surface area contributed by atoms with E-state index < -0.39 is 12.1 Å². The van der Waals surface area contributed by atoms with Crippen LogP contribution in [0, 0.1) is 11.3 Å². The van der Waals surface area contributed by atoms with E-state index in [0.29, 0.717) is 22.9 Å². The standard InChI is InChI=1S/C29H27N5O5/c1-3-38-28(36)14-16-34(27-5-4-15-31-32-27)29(37)39-22-11-12-25-23(17-22)24(19-33(25)2)26(35)13-10-20-6-8-21(18-30)9-7-20/h4-9,11-12,15,17,19H,3,10,13-14,16H2,1-2H3. The number of amides is 1. The van der Waals surface area contributed by atoms with E-state index in [9.17, 15) is 14.4 Å². The summed E-state index contributed by atoms with van der Waals surface area (Å²) in [5, 5.41) is 17.4. The number of hydrogen-bond donors (Lipinski definition) is 0. The van der Waals surface area contributed by atoms with Gasteiger partial charge in [-0.15, -0.1) is 5.10 Å². The summed E-state index contributed by atoms with van der Waals surface area (Å²) in [6.07, 6.45) is 3.26. The average Bonchev–Trinajstić information content (AvgIpc) is 3.28. The summed E-state index contributed by atoms with van der Waals surface area (Å²) in [6.45, 7) is 1.93. The van der Waals surface area contributed by atoms with Crippen molar-refractivity contribution in [2.75, 3.05) is 18.1 Å². The first kappa shape index (κ1) is 27.0. The highest BCUT2D eigenvalue weighted by molar-refractivity contribution is 6.08. The Balaban J connectivity index is 1.52. The Morgan fingerprint density at radius 2 is 1.87 bits per heavy atom. The second-order valence-corrected chi connectivity index (χ2v) is 8.72. The van der Waals surface area contributed by atoms with E-state index in [1.807, 2.05) is 23.7 Å². The molecule has 4 aromatic rings. The van der Waals surface area contributed by atoms with Gasteiger partial charge in [0, 0.05) is 48.9 Å². The Kier molecular flexibility index (Phi) is 8.64. The number of rotatable bonds is 10. The summed E-state index contributed by atoms with van der Waals surface area (Å²) in [7, 11) is 1.84. The van der Waals surface area contributed by atoms with E-state index in [4.69, 9.17) is 14.7 Å². The second kappa shape index (κ2) is 12.5. The number of carbonyl (C=O) groups excluding carboxylic acids is 3. The number of fused-ring (bicyclic) bond motifs is 1. The van der Waals surface area contributed by atoms with Crippen LogP contribution in [0.4, 0.5) is 10.6 Å². The number of nitrogens with zero attached hydrogens (tertiary/aromatic N) is 5. The molecule has 4 rings (SSSR count). The lowest BCUT2D eigenvalue weighted by Gasteiger charge is -2.20. The zero-order chi connectivity index (χ0) is 27.8. The largest absolute Gasteiger partial charge is 0.466 e. The average molecular weight is 526 g/mol. The smallest absolute Gasteiger partial charge is 0.421 e. The highest BCUT2D eigenvalue weighted by atomic mass is 16.6. The van der Waals surface area contributed by atoms with Crippen LogP contribution in [0.5, 0.6) is 5.75 Å². The zero-order valence-corrected chi connectivity index (χ0v) is 21.7. The van der Waals surface area contributed by atoms with Crippen molar-refractivity contribution >= 4 is 34.6 Å². The Morgan fingerprint density at radius 3 is 2.56 bits per heavy atom. The molecule has 0 bridgehead atoms. The van der Waals surface area contributed by atoms with E-state index in [1.165, 1.54) is 11.1 Å². The Labute approximate surface area is 225 Å². The van der Waals surface area contributed by atoms with Gasteiger partial charge in [-0.3, -0.25) is 14.5 Å². The number of esters is 1. The van der Waals surface area contributed by atoms with E-state index >= 15 is 0 Å². The monoisotopic (exact) mass is 525 g/mol. The van der Waals surface area contributed by atoms with Gasteiger partial charge in [0.15, 0.2) is 11.6 Å². The normalized spacial score (nSPS) is 10.6. The molecule has 0 atom stereocenters. The van der Waals surface area contributed by atoms with E-state index in [2.05, 4.69) is 16.3 Å². The van der Waals surface area contributed by atoms with Crippen molar-refractivity contribution in [1.29, 1.82) is 5.26 Å². The van der Waals surface area contributed by atoms with Gasteiger partial charge in [0.05, 0.1) is 24.7 Å². The maximum atomic E-state index is 13.2. The highest BCUT2D eigenvalue weighted by Gasteiger charge is 2.22. The van der Waals surface area contributed by atoms with E-state index in [-0.39, 0.29) is 43.3 Å². The number of hydrogen-bond acceptors (Lipinski definition) is 8. The van der Waals surface area contributed by atoms with Crippen LogP contribution in [0.1, 0.15) is 41.3 Å². The van der Waals surface area contributed by atoms with Crippen LogP contribution in [0.15, 0.2) is 67.0 Å². The molecular formula is C29H27N5O5. The topological polar surface area (TPSA) is 127 Å². The first-order valence-corrected chi connectivity index (χ1v) is 12.4. The first-order valence-electron chi connectivity index (χ1n) is 12.4. The van der Waals surface area contributed by atoms with Crippen molar-refractivity contribution in [1.82, 2.24) is 14.8 Å². The van der Waals surface area contributed by atoms with Gasteiger partial charge in [-0.1, -0.05) is 12.1 Å². The lowest BCUT2D eigenvalue weighted by atomic mass is 10.0. The highest BCUT2D eigenvalue weighted by Crippen LogP contribution is 2.27. The maximum Gasteiger partial charge on any atom is 0.421 e. The molecule has 0 aliphatic rings. The number of Topliss-reactive ketones (excluding diaryl/α,β-unsaturated/α-hetero) is 1. The van der Waals surface area contributed by atoms with E-state index in [0.717, 1.165) is 11.1 Å². The number of aryl methyl sites for hydroxylation is 2. The lowest BCUT2D eigenvalue weighted by molar-refractivity contribution is -0.142. The van der Waals surface area contributed by atoms with Crippen LogP contribution in [0.3, 0.4) is 0 Å². The van der Waals surface area contributed by atoms with E-state index in [1.54, 1.807) is 55.6 Å². The van der Waals surface area contributed by atoms with Gasteiger partial charge in [0.2, 0.25) is 0 Å². The summed E-state index contributed by atoms with van der Waals surface area (Å²) in [5.74, 6) is -0.0331. The third-order valence-corrected chi connectivity index (χ3v) is 6.09. The Hall–Kier alpha value is -5.04. The number of ether oxygens (including phenoxy) is 2. The first-order chi connectivity index (χ1) is 18.9. The summed E-state index contributed by atoms with van der Waals surface area (Å²) >= 11 is 0. The molecule has 0 unspecified atom stereocenters. The van der Waals surface area contributed by atoms with Crippen LogP contribution in [-0.4, -0.2) is 45.8 Å². The Bertz CT molecular complexity index is 1520. The van der Waals surface area contributed by atoms with Crippen molar-refractivity contribution in [3.05, 3.63) is 83.7 Å². The molecule has 2 aromatic heterocycles. The minimum Gasteiger partial charge on any atom is -0.466 e. The van der Waals surface area contributed by atoms with Crippen molar-refractivity contribution < 1.29 is 23.9 Å². The fourth-order valence-corrected chi connectivity index (χ4v) is 4.12. The minimum absolute atomic E-state index is 0.0109. The molecule has 0 N–H and O–H groups in total. The third-order valence-electron chi connectivity index (χ3n) is 6.09. The van der Waals surface area contributed by atoms with Gasteiger partial charge in [-0.05, 0) is 61.4 Å². The molecular weight excluding hydrogens is 498 g/mol. The molecule has 2 aromatic carbocycles. The van der Waals surface area contributed by atoms with Crippen molar-refractivity contribution in [2.24, 2.45) is 7.05 Å². The number of anilines is 1. The van der Waals surface area contributed by atoms with Crippen molar-refractivity contribution in [3.8, 4) is 11.8 Å². The fraction of sp³-hybridized carbons (Fsp3) is 0.241. The van der Waals surface area contributed by atoms with Crippen LogP contribution in [0.2, 0.25) is 0 Å². The third kappa shape index (κ3) is 6.64. The summed E-state index contributed by atoms with van der Waals surface area (Å²) in [4.78, 5) is 39.4. The Morgan fingerprint density at radius 1 is 1.08 bits per heavy atom. The SMILES string of the molecule is CCOC(=O)CCN(C(=O)Oc1ccc2c(c1)c(C(=O)CCc1ccc(C#N)cc1)cn2C)c1cccnn1. The van der Waals surface area contributed by atoms with Gasteiger partial charge in [0.25, 0.3) is 0 Å². The van der Waals surface area contributed by atoms with Gasteiger partial charge >= 0.3 is 12.1 Å². The van der Waals surface area contributed by atoms with Crippen LogP contribution >= 0.6 is 0 Å². The molecule has 39 heavy (non-hydrogen) atoms. The minimum atomic E-state index is -0.747. The number of carbonyl (C=O) groups is 3. The van der Waals surface area contributed by atoms with Crippen molar-refractivity contribution in [3.63, 3.8) is 0 Å². The molecule has 0 fully saturated rings. The predicted molar refractivity (Wildman–Crippen MR) is 143 cm³/mol. The molecule has 0 saturated heterocycles. The number of nitriles is 1. The molecule has 0 radical (unpaired) electrons. The second-order valence-electron chi connectivity index (χ2n) is 8.72. The molecule has 198 valence electrons. The van der Waals surface area contributed by atoms with Gasteiger partial charge in [-0.25, -0.2) is 4.79 Å². The number of benzene rings is 2. The molecule has 10 heteroatoms. The molecule has 1 amide bonds. The molecule has 0 aliphatic heterocycles. The fourth-order valence-electron chi connectivity index (χ4n) is 4.12. The predicted octanol–water partition coefficient (Wildman–Crippen LogP) is 4.61. The van der Waals surface area contributed by atoms with Gasteiger partial charge in [-0.2, -0.15) is 10.4 Å². The maximum absolute atomic E-state index is 13.2. The number of ketones is 1. The molecule has 0 spiro atoms. The van der Waals surface area contributed by atoms with Crippen LogP contribution in [-0.2, 0) is 23.0 Å². The summed E-state index contributed by atoms with van der Waals surface area (Å²) in [5.41, 5.74) is 2.86.